The lowest BCUT2D eigenvalue weighted by Gasteiger charge is -2.44. The fourth-order valence-corrected chi connectivity index (χ4v) is 3.49. The molecule has 1 aromatic carbocycles. The largest absolute Gasteiger partial charge is 0.508 e. The summed E-state index contributed by atoms with van der Waals surface area (Å²) in [6, 6.07) is 8.02. The lowest BCUT2D eigenvalue weighted by molar-refractivity contribution is -0.112. The maximum atomic E-state index is 9.82. The summed E-state index contributed by atoms with van der Waals surface area (Å²) in [6.07, 6.45) is 1.91. The SMILES string of the molecule is COC(CCN1CC[C@H](C)[C@@H](C)C1c1cccc(O)c1)OC. The second kappa shape index (κ2) is 7.95. The molecule has 1 aliphatic heterocycles. The van der Waals surface area contributed by atoms with Crippen molar-refractivity contribution in [3.8, 4) is 5.75 Å². The molecule has 0 saturated carbocycles. The van der Waals surface area contributed by atoms with Crippen LogP contribution < -0.4 is 0 Å². The normalized spacial score (nSPS) is 26.5. The van der Waals surface area contributed by atoms with Crippen LogP contribution >= 0.6 is 0 Å². The van der Waals surface area contributed by atoms with Gasteiger partial charge in [-0.15, -0.1) is 0 Å². The molecule has 1 heterocycles. The highest BCUT2D eigenvalue weighted by Crippen LogP contribution is 2.39. The lowest BCUT2D eigenvalue weighted by Crippen LogP contribution is -2.42. The lowest BCUT2D eigenvalue weighted by atomic mass is 9.79. The Morgan fingerprint density at radius 2 is 2.00 bits per heavy atom. The second-order valence-corrected chi connectivity index (χ2v) is 6.39. The predicted molar refractivity (Wildman–Crippen MR) is 87.8 cm³/mol. The van der Waals surface area contributed by atoms with Gasteiger partial charge in [0.25, 0.3) is 0 Å². The number of hydrogen-bond acceptors (Lipinski definition) is 4. The van der Waals surface area contributed by atoms with Crippen LogP contribution in [0.25, 0.3) is 0 Å². The van der Waals surface area contributed by atoms with E-state index in [-0.39, 0.29) is 6.29 Å². The van der Waals surface area contributed by atoms with E-state index in [0.29, 0.717) is 23.6 Å². The minimum absolute atomic E-state index is 0.153. The summed E-state index contributed by atoms with van der Waals surface area (Å²) in [5, 5.41) is 9.82. The average Bonchev–Trinajstić information content (AvgIpc) is 2.51. The van der Waals surface area contributed by atoms with Gasteiger partial charge in [-0.05, 0) is 42.5 Å². The van der Waals surface area contributed by atoms with E-state index in [9.17, 15) is 5.11 Å². The fourth-order valence-electron chi connectivity index (χ4n) is 3.49. The van der Waals surface area contributed by atoms with Crippen LogP contribution in [0.15, 0.2) is 24.3 Å². The van der Waals surface area contributed by atoms with E-state index in [1.165, 1.54) is 12.0 Å². The first kappa shape index (κ1) is 17.3. The summed E-state index contributed by atoms with van der Waals surface area (Å²) in [5.41, 5.74) is 1.20. The van der Waals surface area contributed by atoms with Gasteiger partial charge in [-0.2, -0.15) is 0 Å². The van der Waals surface area contributed by atoms with Crippen LogP contribution in [0, 0.1) is 11.8 Å². The minimum Gasteiger partial charge on any atom is -0.508 e. The number of phenols is 1. The molecule has 1 saturated heterocycles. The molecule has 4 heteroatoms. The average molecular weight is 307 g/mol. The first-order valence-electron chi connectivity index (χ1n) is 8.15. The quantitative estimate of drug-likeness (QED) is 0.818. The van der Waals surface area contributed by atoms with Gasteiger partial charge in [-0.3, -0.25) is 4.90 Å². The third kappa shape index (κ3) is 4.00. The summed E-state index contributed by atoms with van der Waals surface area (Å²) < 4.78 is 10.6. The number of likely N-dealkylation sites (tertiary alicyclic amines) is 1. The maximum Gasteiger partial charge on any atom is 0.158 e. The number of rotatable bonds is 6. The highest BCUT2D eigenvalue weighted by molar-refractivity contribution is 5.30. The Labute approximate surface area is 134 Å². The molecule has 3 atom stereocenters. The van der Waals surface area contributed by atoms with Crippen LogP contribution in [0.5, 0.6) is 5.75 Å². The molecular formula is C18H29NO3. The third-order valence-corrected chi connectivity index (χ3v) is 5.05. The van der Waals surface area contributed by atoms with E-state index in [4.69, 9.17) is 9.47 Å². The summed E-state index contributed by atoms with van der Waals surface area (Å²) in [7, 11) is 3.36. The van der Waals surface area contributed by atoms with E-state index >= 15 is 0 Å². The van der Waals surface area contributed by atoms with Gasteiger partial charge >= 0.3 is 0 Å². The molecule has 0 amide bonds. The van der Waals surface area contributed by atoms with Crippen LogP contribution in [0.2, 0.25) is 0 Å². The summed E-state index contributed by atoms with van der Waals surface area (Å²) in [4.78, 5) is 2.50. The molecule has 0 aromatic heterocycles. The number of aromatic hydroxyl groups is 1. The molecule has 0 spiro atoms. The number of phenolic OH excluding ortho intramolecular Hbond substituents is 1. The zero-order valence-electron chi connectivity index (χ0n) is 14.2. The molecule has 1 fully saturated rings. The Morgan fingerprint density at radius 1 is 1.27 bits per heavy atom. The number of methoxy groups -OCH3 is 2. The Kier molecular flexibility index (Phi) is 6.24. The molecule has 4 nitrogen and oxygen atoms in total. The first-order chi connectivity index (χ1) is 10.6. The highest BCUT2D eigenvalue weighted by atomic mass is 16.7. The van der Waals surface area contributed by atoms with Crippen molar-refractivity contribution in [2.75, 3.05) is 27.3 Å². The van der Waals surface area contributed by atoms with Crippen molar-refractivity contribution < 1.29 is 14.6 Å². The van der Waals surface area contributed by atoms with Crippen molar-refractivity contribution in [1.82, 2.24) is 4.90 Å². The van der Waals surface area contributed by atoms with E-state index in [2.05, 4.69) is 24.8 Å². The molecule has 1 N–H and O–H groups in total. The van der Waals surface area contributed by atoms with Crippen LogP contribution in [0.3, 0.4) is 0 Å². The van der Waals surface area contributed by atoms with Crippen molar-refractivity contribution in [3.05, 3.63) is 29.8 Å². The van der Waals surface area contributed by atoms with Crippen molar-refractivity contribution in [1.29, 1.82) is 0 Å². The second-order valence-electron chi connectivity index (χ2n) is 6.39. The monoisotopic (exact) mass is 307 g/mol. The topological polar surface area (TPSA) is 41.9 Å². The predicted octanol–water partition coefficient (Wildman–Crippen LogP) is 3.42. The van der Waals surface area contributed by atoms with Gasteiger partial charge < -0.3 is 14.6 Å². The number of benzene rings is 1. The highest BCUT2D eigenvalue weighted by Gasteiger charge is 2.34. The third-order valence-electron chi connectivity index (χ3n) is 5.05. The van der Waals surface area contributed by atoms with Crippen molar-refractivity contribution in [2.24, 2.45) is 11.8 Å². The van der Waals surface area contributed by atoms with Gasteiger partial charge in [-0.25, -0.2) is 0 Å². The zero-order chi connectivity index (χ0) is 16.1. The molecule has 1 unspecified atom stereocenters. The van der Waals surface area contributed by atoms with Gasteiger partial charge in [0.05, 0.1) is 0 Å². The van der Waals surface area contributed by atoms with E-state index < -0.39 is 0 Å². The number of piperidine rings is 1. The number of hydrogen-bond donors (Lipinski definition) is 1. The van der Waals surface area contributed by atoms with Gasteiger partial charge in [0.15, 0.2) is 6.29 Å². The Bertz CT molecular complexity index is 461. The maximum absolute atomic E-state index is 9.82. The van der Waals surface area contributed by atoms with Gasteiger partial charge in [0, 0.05) is 33.2 Å². The standard InChI is InChI=1S/C18H29NO3/c1-13-8-10-19(11-9-17(21-3)22-4)18(14(13)2)15-6-5-7-16(20)12-15/h5-7,12-14,17-18,20H,8-11H2,1-4H3/t13-,14+,18?/m0/s1. The first-order valence-corrected chi connectivity index (χ1v) is 8.15. The van der Waals surface area contributed by atoms with E-state index in [1.54, 1.807) is 20.3 Å². The van der Waals surface area contributed by atoms with Gasteiger partial charge in [0.1, 0.15) is 5.75 Å². The number of ether oxygens (including phenoxy) is 2. The summed E-state index contributed by atoms with van der Waals surface area (Å²) >= 11 is 0. The molecule has 22 heavy (non-hydrogen) atoms. The summed E-state index contributed by atoms with van der Waals surface area (Å²) in [6.45, 7) is 6.65. The smallest absolute Gasteiger partial charge is 0.158 e. The van der Waals surface area contributed by atoms with Crippen LogP contribution in [0.4, 0.5) is 0 Å². The van der Waals surface area contributed by atoms with Gasteiger partial charge in [0.2, 0.25) is 0 Å². The molecular weight excluding hydrogens is 278 g/mol. The Hall–Kier alpha value is -1.10. The number of nitrogens with zero attached hydrogens (tertiary/aromatic N) is 1. The Balaban J connectivity index is 2.15. The molecule has 1 aromatic rings. The molecule has 0 bridgehead atoms. The molecule has 1 aliphatic rings. The molecule has 0 radical (unpaired) electrons. The van der Waals surface area contributed by atoms with Crippen LogP contribution in [0.1, 0.15) is 38.3 Å². The molecule has 0 aliphatic carbocycles. The molecule has 2 rings (SSSR count). The molecule has 124 valence electrons. The van der Waals surface area contributed by atoms with Crippen LogP contribution in [-0.4, -0.2) is 43.6 Å². The van der Waals surface area contributed by atoms with Crippen molar-refractivity contribution in [3.63, 3.8) is 0 Å². The van der Waals surface area contributed by atoms with Crippen molar-refractivity contribution >= 4 is 0 Å². The van der Waals surface area contributed by atoms with Crippen LogP contribution in [-0.2, 0) is 9.47 Å². The minimum atomic E-state index is -0.153. The van der Waals surface area contributed by atoms with E-state index in [1.807, 2.05) is 12.1 Å². The zero-order valence-corrected chi connectivity index (χ0v) is 14.2. The summed E-state index contributed by atoms with van der Waals surface area (Å²) in [5.74, 6) is 1.58. The van der Waals surface area contributed by atoms with Gasteiger partial charge in [-0.1, -0.05) is 26.0 Å². The Morgan fingerprint density at radius 3 is 2.64 bits per heavy atom. The van der Waals surface area contributed by atoms with Crippen molar-refractivity contribution in [2.45, 2.75) is 39.0 Å². The fraction of sp³-hybridized carbons (Fsp3) is 0.667. The van der Waals surface area contributed by atoms with E-state index in [0.717, 1.165) is 19.5 Å².